The van der Waals surface area contributed by atoms with Gasteiger partial charge in [0.05, 0.1) is 16.0 Å². The first kappa shape index (κ1) is 30.5. The van der Waals surface area contributed by atoms with E-state index in [0.29, 0.717) is 29.1 Å². The van der Waals surface area contributed by atoms with Crippen LogP contribution in [-0.4, -0.2) is 26.6 Å². The lowest BCUT2D eigenvalue weighted by atomic mass is 10.0. The maximum absolute atomic E-state index is 5.09. The van der Waals surface area contributed by atoms with Crippen LogP contribution >= 0.6 is 22.7 Å². The summed E-state index contributed by atoms with van der Waals surface area (Å²) < 4.78 is 3.74. The molecule has 1 unspecified atom stereocenters. The van der Waals surface area contributed by atoms with E-state index >= 15 is 0 Å². The first-order valence-electron chi connectivity index (χ1n) is 17.0. The summed E-state index contributed by atoms with van der Waals surface area (Å²) in [4.78, 5) is 24.9. The van der Waals surface area contributed by atoms with Gasteiger partial charge in [-0.15, -0.1) is 22.7 Å². The first-order valence-corrected chi connectivity index (χ1v) is 18.6. The van der Waals surface area contributed by atoms with E-state index in [4.69, 9.17) is 30.3 Å². The van der Waals surface area contributed by atoms with Crippen LogP contribution < -0.4 is 0 Å². The summed E-state index contributed by atoms with van der Waals surface area (Å²) in [7, 11) is 0. The number of benzene rings is 6. The van der Waals surface area contributed by atoms with Gasteiger partial charge in [-0.3, -0.25) is 4.99 Å². The molecular weight excluding hydrogens is 677 g/mol. The van der Waals surface area contributed by atoms with E-state index in [1.54, 1.807) is 0 Å². The molecule has 246 valence electrons. The molecule has 3 aromatic heterocycles. The van der Waals surface area contributed by atoms with Crippen LogP contribution in [0.15, 0.2) is 168 Å². The Bertz CT molecular complexity index is 2750. The lowest BCUT2D eigenvalue weighted by molar-refractivity contribution is 0.880. The third-order valence-corrected chi connectivity index (χ3v) is 11.6. The van der Waals surface area contributed by atoms with Crippen molar-refractivity contribution in [2.75, 3.05) is 0 Å². The van der Waals surface area contributed by atoms with Crippen LogP contribution in [-0.2, 0) is 0 Å². The highest BCUT2D eigenvalue weighted by Crippen LogP contribution is 2.46. The molecule has 0 spiro atoms. The third kappa shape index (κ3) is 5.55. The molecule has 1 aliphatic rings. The van der Waals surface area contributed by atoms with Gasteiger partial charge in [-0.05, 0) is 47.0 Å². The molecule has 0 saturated carbocycles. The molecule has 0 bridgehead atoms. The van der Waals surface area contributed by atoms with E-state index in [9.17, 15) is 0 Å². The third-order valence-electron chi connectivity index (χ3n) is 9.15. The fraction of sp³-hybridized carbons (Fsp3) is 0.0227. The SMILES string of the molecule is c1ccc(C2=NC(c3ccc4sc5sc6ccc(-c7nc(-c8ccccc8)nc(-c8ccccc8)n7)cc6c5c4c3)[N-]C(c3ccccc3)=N2)cc1. The second kappa shape index (κ2) is 12.8. The van der Waals surface area contributed by atoms with Crippen molar-refractivity contribution < 1.29 is 0 Å². The fourth-order valence-corrected chi connectivity index (χ4v) is 9.15. The van der Waals surface area contributed by atoms with Gasteiger partial charge in [0, 0.05) is 42.2 Å². The van der Waals surface area contributed by atoms with Crippen molar-refractivity contribution in [2.24, 2.45) is 9.98 Å². The van der Waals surface area contributed by atoms with Gasteiger partial charge in [-0.1, -0.05) is 133 Å². The van der Waals surface area contributed by atoms with E-state index in [2.05, 4.69) is 36.4 Å². The minimum absolute atomic E-state index is 0.430. The van der Waals surface area contributed by atoms with Gasteiger partial charge >= 0.3 is 0 Å². The Hall–Kier alpha value is -6.35. The molecule has 0 fully saturated rings. The zero-order valence-corrected chi connectivity index (χ0v) is 29.2. The maximum atomic E-state index is 5.09. The number of hydrogen-bond donors (Lipinski definition) is 0. The van der Waals surface area contributed by atoms with Crippen LogP contribution in [0.5, 0.6) is 0 Å². The van der Waals surface area contributed by atoms with E-state index < -0.39 is 6.17 Å². The summed E-state index contributed by atoms with van der Waals surface area (Å²) in [6.07, 6.45) is -0.430. The second-order valence-electron chi connectivity index (χ2n) is 12.5. The zero-order chi connectivity index (χ0) is 34.4. The van der Waals surface area contributed by atoms with Crippen molar-refractivity contribution >= 4 is 63.9 Å². The van der Waals surface area contributed by atoms with Crippen LogP contribution in [0.4, 0.5) is 0 Å². The van der Waals surface area contributed by atoms with E-state index in [-0.39, 0.29) is 0 Å². The van der Waals surface area contributed by atoms with Crippen LogP contribution in [0.25, 0.3) is 69.1 Å². The highest BCUT2D eigenvalue weighted by Gasteiger charge is 2.19. The van der Waals surface area contributed by atoms with Crippen molar-refractivity contribution in [3.63, 3.8) is 0 Å². The van der Waals surface area contributed by atoms with Crippen LogP contribution in [0.1, 0.15) is 22.9 Å². The van der Waals surface area contributed by atoms with E-state index in [0.717, 1.165) is 33.4 Å². The van der Waals surface area contributed by atoms with Crippen molar-refractivity contribution in [1.82, 2.24) is 15.0 Å². The largest absolute Gasteiger partial charge is 0.438 e. The number of rotatable bonds is 6. The molecule has 1 atom stereocenters. The molecule has 0 aliphatic carbocycles. The summed E-state index contributed by atoms with van der Waals surface area (Å²) in [5.41, 5.74) is 5.81. The molecule has 9 aromatic rings. The second-order valence-corrected chi connectivity index (χ2v) is 14.9. The molecule has 0 radical (unpaired) electrons. The number of aromatic nitrogens is 3. The summed E-state index contributed by atoms with van der Waals surface area (Å²) in [5.74, 6) is 3.31. The number of hydrogen-bond acceptors (Lipinski definition) is 7. The smallest absolute Gasteiger partial charge is 0.164 e. The van der Waals surface area contributed by atoms with Crippen LogP contribution in [0, 0.1) is 0 Å². The summed E-state index contributed by atoms with van der Waals surface area (Å²) in [5, 5.41) is 8.71. The molecule has 0 amide bonds. The molecule has 52 heavy (non-hydrogen) atoms. The monoisotopic (exact) mass is 703 g/mol. The fourth-order valence-electron chi connectivity index (χ4n) is 6.59. The standard InChI is InChI=1S/C44H27N6S2/c1-5-13-27(14-6-1)38-45-39(28-15-7-2-8-16-28)48-42(47-38)31-21-23-35-33(25-31)37-34-26-32(22-24-36(34)52-44(37)51-35)43-49-40(29-17-9-3-10-18-29)46-41(50-43)30-19-11-4-12-20-30/h1-26,42H/q-1. The van der Waals surface area contributed by atoms with Crippen molar-refractivity contribution in [1.29, 1.82) is 0 Å². The van der Waals surface area contributed by atoms with E-state index in [1.807, 2.05) is 144 Å². The lowest BCUT2D eigenvalue weighted by Crippen LogP contribution is -2.15. The Morgan fingerprint density at radius 1 is 0.462 bits per heavy atom. The summed E-state index contributed by atoms with van der Waals surface area (Å²) in [6.45, 7) is 0. The number of fused-ring (bicyclic) bond motifs is 5. The van der Waals surface area contributed by atoms with Crippen molar-refractivity contribution in [3.8, 4) is 34.2 Å². The van der Waals surface area contributed by atoms with Gasteiger partial charge in [0.15, 0.2) is 17.5 Å². The normalized spacial score (nSPS) is 14.3. The Labute approximate surface area is 307 Å². The molecule has 10 rings (SSSR count). The predicted molar refractivity (Wildman–Crippen MR) is 216 cm³/mol. The minimum Gasteiger partial charge on any atom is -0.438 e. The molecule has 6 nitrogen and oxygen atoms in total. The van der Waals surface area contributed by atoms with Gasteiger partial charge in [0.25, 0.3) is 0 Å². The van der Waals surface area contributed by atoms with Crippen LogP contribution in [0.2, 0.25) is 0 Å². The molecule has 0 N–H and O–H groups in total. The maximum Gasteiger partial charge on any atom is 0.164 e. The van der Waals surface area contributed by atoms with Gasteiger partial charge in [-0.25, -0.2) is 15.0 Å². The average Bonchev–Trinajstić information content (AvgIpc) is 3.77. The molecular formula is C44H27N6S2-. The Balaban J connectivity index is 1.10. The first-order chi connectivity index (χ1) is 25.7. The zero-order valence-electron chi connectivity index (χ0n) is 27.6. The van der Waals surface area contributed by atoms with E-state index in [1.165, 1.54) is 29.6 Å². The molecule has 0 saturated heterocycles. The number of thiophene rings is 2. The minimum atomic E-state index is -0.430. The number of aliphatic imine (C=N–C) groups is 2. The molecule has 1 aliphatic heterocycles. The lowest BCUT2D eigenvalue weighted by Gasteiger charge is -2.32. The Morgan fingerprint density at radius 3 is 1.56 bits per heavy atom. The highest BCUT2D eigenvalue weighted by atomic mass is 32.2. The van der Waals surface area contributed by atoms with Crippen molar-refractivity contribution in [2.45, 2.75) is 6.17 Å². The molecule has 8 heteroatoms. The van der Waals surface area contributed by atoms with Gasteiger partial charge in [-0.2, -0.15) is 0 Å². The molecule has 4 heterocycles. The number of nitrogens with zero attached hydrogens (tertiary/aromatic N) is 6. The summed E-state index contributed by atoms with van der Waals surface area (Å²) >= 11 is 3.65. The quantitative estimate of drug-likeness (QED) is 0.173. The number of amidine groups is 2. The van der Waals surface area contributed by atoms with Crippen LogP contribution in [0.3, 0.4) is 0 Å². The highest BCUT2D eigenvalue weighted by molar-refractivity contribution is 7.44. The van der Waals surface area contributed by atoms with Crippen molar-refractivity contribution in [3.05, 3.63) is 180 Å². The van der Waals surface area contributed by atoms with Gasteiger partial charge in [0.1, 0.15) is 0 Å². The summed E-state index contributed by atoms with van der Waals surface area (Å²) in [6, 6.07) is 53.7. The van der Waals surface area contributed by atoms with Gasteiger partial charge < -0.3 is 10.3 Å². The molecule has 6 aromatic carbocycles. The predicted octanol–water partition coefficient (Wildman–Crippen LogP) is 11.7. The Kier molecular flexibility index (Phi) is 7.48. The van der Waals surface area contributed by atoms with Gasteiger partial charge in [0.2, 0.25) is 0 Å². The Morgan fingerprint density at radius 2 is 0.962 bits per heavy atom. The average molecular weight is 704 g/mol. The topological polar surface area (TPSA) is 77.5 Å².